The highest BCUT2D eigenvalue weighted by atomic mass is 19.4. The Morgan fingerprint density at radius 2 is 1.70 bits per heavy atom. The van der Waals surface area contributed by atoms with Gasteiger partial charge in [0.2, 0.25) is 5.95 Å². The van der Waals surface area contributed by atoms with Gasteiger partial charge >= 0.3 is 6.18 Å². The molecule has 0 radical (unpaired) electrons. The molecule has 0 saturated heterocycles. The van der Waals surface area contributed by atoms with Gasteiger partial charge in [-0.3, -0.25) is 0 Å². The number of anilines is 4. The third-order valence-corrected chi connectivity index (χ3v) is 4.21. The van der Waals surface area contributed by atoms with Gasteiger partial charge in [0.05, 0.1) is 11.8 Å². The van der Waals surface area contributed by atoms with Crippen molar-refractivity contribution in [2.45, 2.75) is 13.1 Å². The normalized spacial score (nSPS) is 13.1. The molecule has 6 nitrogen and oxygen atoms in total. The molecule has 0 unspecified atom stereocenters. The van der Waals surface area contributed by atoms with Crippen LogP contribution in [-0.2, 0) is 6.18 Å². The van der Waals surface area contributed by atoms with Crippen molar-refractivity contribution in [3.05, 3.63) is 59.5 Å². The maximum Gasteiger partial charge on any atom is 0.416 e. The lowest BCUT2D eigenvalue weighted by Gasteiger charge is -2.19. The average molecular weight is 420 g/mol. The van der Waals surface area contributed by atoms with Crippen LogP contribution in [0.25, 0.3) is 0 Å². The molecule has 2 heterocycles. The fourth-order valence-electron chi connectivity index (χ4n) is 2.92. The highest BCUT2D eigenvalue weighted by Gasteiger charge is 2.31. The standard InChI is InChI=1S/C20H16F4N4O2/c1-11-6-12(20(22,23)24)8-14(7-11)27-19-25-10-15(21)18(28-19)26-13-2-3-16-17(9-13)30-5-4-29-16/h2-3,6-10H,4-5H2,1H3,(H2,25,26,27,28). The number of aryl methyl sites for hydroxylation is 1. The van der Waals surface area contributed by atoms with Crippen molar-refractivity contribution >= 4 is 23.1 Å². The third kappa shape index (κ3) is 4.37. The monoisotopic (exact) mass is 420 g/mol. The number of benzene rings is 2. The van der Waals surface area contributed by atoms with Gasteiger partial charge in [0.1, 0.15) is 13.2 Å². The number of rotatable bonds is 4. The van der Waals surface area contributed by atoms with Crippen LogP contribution in [-0.4, -0.2) is 23.2 Å². The topological polar surface area (TPSA) is 68.3 Å². The van der Waals surface area contributed by atoms with Crippen LogP contribution in [0, 0.1) is 12.7 Å². The zero-order valence-electron chi connectivity index (χ0n) is 15.7. The molecule has 0 atom stereocenters. The van der Waals surface area contributed by atoms with Crippen molar-refractivity contribution < 1.29 is 27.0 Å². The molecule has 0 fully saturated rings. The Labute approximate surface area is 168 Å². The molecule has 2 N–H and O–H groups in total. The first-order valence-corrected chi connectivity index (χ1v) is 8.93. The number of halogens is 4. The Kier molecular flexibility index (Phi) is 5.06. The Morgan fingerprint density at radius 3 is 2.47 bits per heavy atom. The molecule has 30 heavy (non-hydrogen) atoms. The van der Waals surface area contributed by atoms with Crippen molar-refractivity contribution in [2.75, 3.05) is 23.8 Å². The molecule has 156 valence electrons. The SMILES string of the molecule is Cc1cc(Nc2ncc(F)c(Nc3ccc4c(c3)OCCO4)n2)cc(C(F)(F)F)c1. The summed E-state index contributed by atoms with van der Waals surface area (Å²) in [6.45, 7) is 2.40. The number of aromatic nitrogens is 2. The van der Waals surface area contributed by atoms with E-state index in [1.54, 1.807) is 25.1 Å². The Bertz CT molecular complexity index is 1090. The summed E-state index contributed by atoms with van der Waals surface area (Å²) in [4.78, 5) is 7.84. The molecule has 2 aromatic carbocycles. The molecule has 0 bridgehead atoms. The Morgan fingerprint density at radius 1 is 0.933 bits per heavy atom. The molecule has 4 rings (SSSR count). The molecular weight excluding hydrogens is 404 g/mol. The molecule has 0 amide bonds. The van der Waals surface area contributed by atoms with Crippen LogP contribution in [0.3, 0.4) is 0 Å². The quantitative estimate of drug-likeness (QED) is 0.566. The zero-order chi connectivity index (χ0) is 21.3. The van der Waals surface area contributed by atoms with Crippen LogP contribution in [0.1, 0.15) is 11.1 Å². The molecule has 3 aromatic rings. The van der Waals surface area contributed by atoms with E-state index in [0.717, 1.165) is 18.3 Å². The summed E-state index contributed by atoms with van der Waals surface area (Å²) in [6, 6.07) is 8.47. The van der Waals surface area contributed by atoms with E-state index in [1.165, 1.54) is 6.07 Å². The number of fused-ring (bicyclic) bond motifs is 1. The predicted molar refractivity (Wildman–Crippen MR) is 102 cm³/mol. The summed E-state index contributed by atoms with van der Waals surface area (Å²) in [7, 11) is 0. The number of alkyl halides is 3. The van der Waals surface area contributed by atoms with Crippen LogP contribution < -0.4 is 20.1 Å². The van der Waals surface area contributed by atoms with Gasteiger partial charge in [-0.25, -0.2) is 9.37 Å². The van der Waals surface area contributed by atoms with E-state index in [0.29, 0.717) is 36.0 Å². The highest BCUT2D eigenvalue weighted by Crippen LogP contribution is 2.34. The minimum atomic E-state index is -4.49. The van der Waals surface area contributed by atoms with E-state index in [-0.39, 0.29) is 17.5 Å². The van der Waals surface area contributed by atoms with E-state index in [9.17, 15) is 17.6 Å². The smallest absolute Gasteiger partial charge is 0.416 e. The summed E-state index contributed by atoms with van der Waals surface area (Å²) in [5.41, 5.74) is 0.239. The molecule has 0 aliphatic carbocycles. The van der Waals surface area contributed by atoms with Crippen molar-refractivity contribution in [1.82, 2.24) is 9.97 Å². The first-order valence-electron chi connectivity index (χ1n) is 8.93. The lowest BCUT2D eigenvalue weighted by atomic mass is 10.1. The summed E-state index contributed by atoms with van der Waals surface area (Å²) >= 11 is 0. The molecule has 1 aromatic heterocycles. The zero-order valence-corrected chi connectivity index (χ0v) is 15.7. The summed E-state index contributed by atoms with van der Waals surface area (Å²) in [6.07, 6.45) is -3.56. The summed E-state index contributed by atoms with van der Waals surface area (Å²) < 4.78 is 64.2. The van der Waals surface area contributed by atoms with Gasteiger partial charge < -0.3 is 20.1 Å². The number of hydrogen-bond donors (Lipinski definition) is 2. The van der Waals surface area contributed by atoms with E-state index in [1.807, 2.05) is 0 Å². The van der Waals surface area contributed by atoms with Crippen LogP contribution in [0.5, 0.6) is 11.5 Å². The second-order valence-corrected chi connectivity index (χ2v) is 6.58. The van der Waals surface area contributed by atoms with Crippen molar-refractivity contribution in [2.24, 2.45) is 0 Å². The van der Waals surface area contributed by atoms with Gasteiger partial charge in [-0.05, 0) is 42.8 Å². The first kappa shape index (κ1) is 19.7. The average Bonchev–Trinajstić information content (AvgIpc) is 2.69. The van der Waals surface area contributed by atoms with Gasteiger partial charge in [0.25, 0.3) is 0 Å². The van der Waals surface area contributed by atoms with E-state index >= 15 is 0 Å². The molecule has 10 heteroatoms. The summed E-state index contributed by atoms with van der Waals surface area (Å²) in [5, 5.41) is 5.50. The van der Waals surface area contributed by atoms with Crippen LogP contribution in [0.15, 0.2) is 42.6 Å². The second kappa shape index (κ2) is 7.69. The van der Waals surface area contributed by atoms with Crippen LogP contribution >= 0.6 is 0 Å². The van der Waals surface area contributed by atoms with E-state index in [2.05, 4.69) is 20.6 Å². The fourth-order valence-corrected chi connectivity index (χ4v) is 2.92. The first-order chi connectivity index (χ1) is 14.3. The van der Waals surface area contributed by atoms with Gasteiger partial charge in [0, 0.05) is 17.4 Å². The lowest BCUT2D eigenvalue weighted by molar-refractivity contribution is -0.137. The lowest BCUT2D eigenvalue weighted by Crippen LogP contribution is -2.15. The molecule has 1 aliphatic heterocycles. The van der Waals surface area contributed by atoms with Gasteiger partial charge in [-0.15, -0.1) is 0 Å². The highest BCUT2D eigenvalue weighted by molar-refractivity contribution is 5.64. The fraction of sp³-hybridized carbons (Fsp3) is 0.200. The van der Waals surface area contributed by atoms with Crippen LogP contribution in [0.4, 0.5) is 40.7 Å². The number of nitrogens with one attached hydrogen (secondary N) is 2. The van der Waals surface area contributed by atoms with Gasteiger partial charge in [0.15, 0.2) is 23.1 Å². The minimum absolute atomic E-state index is 0.0600. The molecular formula is C20H16F4N4O2. The summed E-state index contributed by atoms with van der Waals surface area (Å²) in [5.74, 6) is 0.162. The second-order valence-electron chi connectivity index (χ2n) is 6.58. The molecule has 1 aliphatic rings. The predicted octanol–water partition coefficient (Wildman–Crippen LogP) is 5.20. The van der Waals surface area contributed by atoms with Crippen molar-refractivity contribution in [1.29, 1.82) is 0 Å². The van der Waals surface area contributed by atoms with Crippen molar-refractivity contribution in [3.8, 4) is 11.5 Å². The number of ether oxygens (including phenoxy) is 2. The van der Waals surface area contributed by atoms with Gasteiger partial charge in [-0.1, -0.05) is 0 Å². The Hall–Kier alpha value is -3.56. The Balaban J connectivity index is 1.58. The van der Waals surface area contributed by atoms with Crippen LogP contribution in [0.2, 0.25) is 0 Å². The maximum absolute atomic E-state index is 14.2. The van der Waals surface area contributed by atoms with Gasteiger partial charge in [-0.2, -0.15) is 18.2 Å². The van der Waals surface area contributed by atoms with E-state index < -0.39 is 17.6 Å². The van der Waals surface area contributed by atoms with E-state index in [4.69, 9.17) is 9.47 Å². The maximum atomic E-state index is 14.2. The molecule has 0 saturated carbocycles. The number of hydrogen-bond acceptors (Lipinski definition) is 6. The third-order valence-electron chi connectivity index (χ3n) is 4.21. The molecule has 0 spiro atoms. The van der Waals surface area contributed by atoms with Crippen molar-refractivity contribution in [3.63, 3.8) is 0 Å². The largest absolute Gasteiger partial charge is 0.486 e. The number of nitrogens with zero attached hydrogens (tertiary/aromatic N) is 2. The minimum Gasteiger partial charge on any atom is -0.486 e.